The van der Waals surface area contributed by atoms with Crippen molar-refractivity contribution in [3.63, 3.8) is 0 Å². The van der Waals surface area contributed by atoms with E-state index < -0.39 is 0 Å². The van der Waals surface area contributed by atoms with Crippen LogP contribution in [0.25, 0.3) is 0 Å². The number of carbonyl (C=O) groups is 1. The molecule has 2 aliphatic carbocycles. The maximum absolute atomic E-state index is 12.7. The van der Waals surface area contributed by atoms with Crippen LogP contribution in [0.2, 0.25) is 0 Å². The van der Waals surface area contributed by atoms with Crippen LogP contribution in [0.4, 0.5) is 4.79 Å². The number of hydrogen-bond donors (Lipinski definition) is 0. The van der Waals surface area contributed by atoms with E-state index in [0.717, 1.165) is 38.5 Å². The van der Waals surface area contributed by atoms with Crippen molar-refractivity contribution in [1.82, 2.24) is 4.90 Å². The predicted molar refractivity (Wildman–Crippen MR) is 96.3 cm³/mol. The molecule has 0 heterocycles. The molecule has 0 aromatic rings. The summed E-state index contributed by atoms with van der Waals surface area (Å²) in [7, 11) is 0. The summed E-state index contributed by atoms with van der Waals surface area (Å²) in [6.07, 6.45) is 7.83. The molecule has 2 saturated carbocycles. The van der Waals surface area contributed by atoms with E-state index in [-0.39, 0.29) is 42.1 Å². The number of amides is 1. The molecule has 0 N–H and O–H groups in total. The van der Waals surface area contributed by atoms with Crippen molar-refractivity contribution in [2.75, 3.05) is 6.61 Å². The van der Waals surface area contributed by atoms with E-state index in [0.29, 0.717) is 6.61 Å². The Hall–Kier alpha value is -1.97. The summed E-state index contributed by atoms with van der Waals surface area (Å²) in [6.45, 7) is 6.29. The van der Waals surface area contributed by atoms with E-state index in [1.807, 2.05) is 11.8 Å². The molecule has 6 atom stereocenters. The molecular weight excluding hydrogens is 334 g/mol. The Labute approximate surface area is 154 Å². The van der Waals surface area contributed by atoms with Gasteiger partial charge in [-0.1, -0.05) is 13.8 Å². The van der Waals surface area contributed by atoms with Gasteiger partial charge in [-0.3, -0.25) is 0 Å². The SMILES string of the molecule is CCOC(=O)N(C1CCC(N=C=O)C(C)C1)C1CCC(N=C=O)C(C)C1. The summed E-state index contributed by atoms with van der Waals surface area (Å²) in [4.78, 5) is 43.6. The van der Waals surface area contributed by atoms with Crippen molar-refractivity contribution in [2.45, 2.75) is 83.5 Å². The van der Waals surface area contributed by atoms with Crippen LogP contribution < -0.4 is 0 Å². The second kappa shape index (κ2) is 9.65. The molecular formula is C19H29N3O4. The molecule has 144 valence electrons. The third kappa shape index (κ3) is 4.80. The summed E-state index contributed by atoms with van der Waals surface area (Å²) in [5, 5.41) is 0. The molecule has 26 heavy (non-hydrogen) atoms. The predicted octanol–water partition coefficient (Wildman–Crippen LogP) is 3.23. The van der Waals surface area contributed by atoms with Gasteiger partial charge in [-0.2, -0.15) is 0 Å². The van der Waals surface area contributed by atoms with Crippen molar-refractivity contribution in [3.8, 4) is 0 Å². The van der Waals surface area contributed by atoms with Crippen LogP contribution >= 0.6 is 0 Å². The van der Waals surface area contributed by atoms with Gasteiger partial charge in [0.25, 0.3) is 0 Å². The van der Waals surface area contributed by atoms with Gasteiger partial charge in [0, 0.05) is 12.1 Å². The molecule has 7 nitrogen and oxygen atoms in total. The van der Waals surface area contributed by atoms with Gasteiger partial charge in [0.1, 0.15) is 0 Å². The summed E-state index contributed by atoms with van der Waals surface area (Å²) in [5.41, 5.74) is 0. The average Bonchev–Trinajstić information content (AvgIpc) is 2.60. The molecule has 2 fully saturated rings. The van der Waals surface area contributed by atoms with E-state index >= 15 is 0 Å². The first kappa shape index (κ1) is 20.3. The second-order valence-electron chi connectivity index (χ2n) is 7.57. The number of carbonyl (C=O) groups excluding carboxylic acids is 3. The summed E-state index contributed by atoms with van der Waals surface area (Å²) in [6, 6.07) is 0.157. The quantitative estimate of drug-likeness (QED) is 0.554. The van der Waals surface area contributed by atoms with Crippen LogP contribution in [0, 0.1) is 11.8 Å². The molecule has 6 unspecified atom stereocenters. The summed E-state index contributed by atoms with van der Waals surface area (Å²) >= 11 is 0. The van der Waals surface area contributed by atoms with Crippen LogP contribution in [0.5, 0.6) is 0 Å². The third-order valence-corrected chi connectivity index (χ3v) is 5.90. The third-order valence-electron chi connectivity index (χ3n) is 5.90. The average molecular weight is 363 g/mol. The highest BCUT2D eigenvalue weighted by Crippen LogP contribution is 2.36. The topological polar surface area (TPSA) is 88.4 Å². The highest BCUT2D eigenvalue weighted by Gasteiger charge is 2.40. The summed E-state index contributed by atoms with van der Waals surface area (Å²) in [5.74, 6) is 0.445. The lowest BCUT2D eigenvalue weighted by atomic mass is 9.79. The lowest BCUT2D eigenvalue weighted by Gasteiger charge is -2.45. The van der Waals surface area contributed by atoms with Gasteiger partial charge in [0.05, 0.1) is 18.7 Å². The molecule has 0 aromatic carbocycles. The molecule has 0 spiro atoms. The lowest BCUT2D eigenvalue weighted by molar-refractivity contribution is 0.0319. The Kier molecular flexibility index (Phi) is 7.55. The van der Waals surface area contributed by atoms with Gasteiger partial charge in [0.2, 0.25) is 12.2 Å². The van der Waals surface area contributed by atoms with Crippen molar-refractivity contribution in [1.29, 1.82) is 0 Å². The van der Waals surface area contributed by atoms with Crippen LogP contribution in [0.15, 0.2) is 9.98 Å². The number of hydrogen-bond acceptors (Lipinski definition) is 6. The highest BCUT2D eigenvalue weighted by atomic mass is 16.6. The van der Waals surface area contributed by atoms with Gasteiger partial charge < -0.3 is 9.64 Å². The highest BCUT2D eigenvalue weighted by molar-refractivity contribution is 5.68. The zero-order chi connectivity index (χ0) is 19.1. The zero-order valence-electron chi connectivity index (χ0n) is 15.9. The molecule has 2 rings (SSSR count). The van der Waals surface area contributed by atoms with Crippen LogP contribution in [0.3, 0.4) is 0 Å². The minimum absolute atomic E-state index is 0.00983. The molecule has 0 aromatic heterocycles. The molecule has 0 saturated heterocycles. The monoisotopic (exact) mass is 363 g/mol. The van der Waals surface area contributed by atoms with Gasteiger partial charge in [0.15, 0.2) is 0 Å². The van der Waals surface area contributed by atoms with Gasteiger partial charge >= 0.3 is 6.09 Å². The fraction of sp³-hybridized carbons (Fsp3) is 0.842. The fourth-order valence-corrected chi connectivity index (χ4v) is 4.52. The van der Waals surface area contributed by atoms with E-state index in [1.54, 1.807) is 12.2 Å². The molecule has 0 bridgehead atoms. The van der Waals surface area contributed by atoms with Crippen LogP contribution in [-0.4, -0.2) is 53.9 Å². The van der Waals surface area contributed by atoms with E-state index in [4.69, 9.17) is 4.74 Å². The Bertz CT molecular complexity index is 541. The van der Waals surface area contributed by atoms with E-state index in [1.165, 1.54) is 0 Å². The smallest absolute Gasteiger partial charge is 0.410 e. The fourth-order valence-electron chi connectivity index (χ4n) is 4.52. The number of rotatable bonds is 5. The second-order valence-corrected chi connectivity index (χ2v) is 7.57. The molecule has 0 radical (unpaired) electrons. The van der Waals surface area contributed by atoms with Gasteiger partial charge in [-0.05, 0) is 57.3 Å². The number of aliphatic imine (C=N–C) groups is 2. The van der Waals surface area contributed by atoms with Crippen molar-refractivity contribution in [2.24, 2.45) is 21.8 Å². The lowest BCUT2D eigenvalue weighted by Crippen LogP contribution is -2.52. The minimum Gasteiger partial charge on any atom is -0.450 e. The van der Waals surface area contributed by atoms with E-state index in [2.05, 4.69) is 23.8 Å². The van der Waals surface area contributed by atoms with Crippen molar-refractivity contribution in [3.05, 3.63) is 0 Å². The number of ether oxygens (including phenoxy) is 1. The maximum atomic E-state index is 12.7. The minimum atomic E-state index is -0.267. The van der Waals surface area contributed by atoms with Gasteiger partial charge in [-0.15, -0.1) is 0 Å². The first-order chi connectivity index (χ1) is 12.5. The number of nitrogens with zero attached hydrogens (tertiary/aromatic N) is 3. The Morgan fingerprint density at radius 3 is 1.77 bits per heavy atom. The normalized spacial score (nSPS) is 34.1. The number of isocyanates is 2. The Morgan fingerprint density at radius 2 is 1.42 bits per heavy atom. The Morgan fingerprint density at radius 1 is 0.962 bits per heavy atom. The standard InChI is InChI=1S/C19H29N3O4/c1-4-26-19(25)22(15-5-7-17(20-11-23)13(2)9-15)16-6-8-18(21-12-24)14(3)10-16/h13-18H,4-10H2,1-3H3. The van der Waals surface area contributed by atoms with Crippen LogP contribution in [0.1, 0.15) is 59.3 Å². The molecule has 7 heteroatoms. The summed E-state index contributed by atoms with van der Waals surface area (Å²) < 4.78 is 5.35. The van der Waals surface area contributed by atoms with Crippen molar-refractivity contribution >= 4 is 18.3 Å². The zero-order valence-corrected chi connectivity index (χ0v) is 15.9. The largest absolute Gasteiger partial charge is 0.450 e. The maximum Gasteiger partial charge on any atom is 0.410 e. The van der Waals surface area contributed by atoms with Crippen LogP contribution in [-0.2, 0) is 14.3 Å². The first-order valence-corrected chi connectivity index (χ1v) is 9.60. The van der Waals surface area contributed by atoms with Crippen molar-refractivity contribution < 1.29 is 19.1 Å². The molecule has 2 aliphatic rings. The van der Waals surface area contributed by atoms with E-state index in [9.17, 15) is 14.4 Å². The molecule has 1 amide bonds. The Balaban J connectivity index is 2.13. The first-order valence-electron chi connectivity index (χ1n) is 9.60. The van der Waals surface area contributed by atoms with Gasteiger partial charge in [-0.25, -0.2) is 24.4 Å². The molecule has 0 aliphatic heterocycles.